The maximum absolute atomic E-state index is 12.1. The quantitative estimate of drug-likeness (QED) is 0.737. The molecule has 0 aliphatic heterocycles. The molecule has 0 saturated heterocycles. The van der Waals surface area contributed by atoms with Gasteiger partial charge in [0, 0.05) is 20.2 Å². The lowest BCUT2D eigenvalue weighted by Crippen LogP contribution is -2.51. The van der Waals surface area contributed by atoms with Crippen LogP contribution in [0.2, 0.25) is 0 Å². The standard InChI is InChI=1S/C14H24N2O2/c1-4-10-16(11-5-2)14(17)15-12-8-6-7-9-13(12)18-3/h4-5,12-13H,1-2,6-11H2,3H3,(H,15,17)/t12-,13-/m1/s1. The molecule has 1 fully saturated rings. The van der Waals surface area contributed by atoms with Gasteiger partial charge in [0.1, 0.15) is 0 Å². The number of urea groups is 1. The van der Waals surface area contributed by atoms with Crippen LogP contribution >= 0.6 is 0 Å². The predicted octanol–water partition coefficient (Wildman–Crippen LogP) is 2.33. The van der Waals surface area contributed by atoms with Crippen LogP contribution in [0, 0.1) is 0 Å². The van der Waals surface area contributed by atoms with Crippen LogP contribution in [-0.2, 0) is 4.74 Å². The third kappa shape index (κ3) is 4.18. The minimum absolute atomic E-state index is 0.0660. The average Bonchev–Trinajstić information content (AvgIpc) is 2.39. The summed E-state index contributed by atoms with van der Waals surface area (Å²) in [4.78, 5) is 13.8. The third-order valence-corrected chi connectivity index (χ3v) is 3.30. The average molecular weight is 252 g/mol. The number of methoxy groups -OCH3 is 1. The Hall–Kier alpha value is -1.29. The molecule has 1 aliphatic rings. The lowest BCUT2D eigenvalue weighted by Gasteiger charge is -2.32. The number of nitrogens with zero attached hydrogens (tertiary/aromatic N) is 1. The molecule has 0 aromatic heterocycles. The van der Waals surface area contributed by atoms with E-state index in [1.807, 2.05) is 0 Å². The van der Waals surface area contributed by atoms with E-state index in [4.69, 9.17) is 4.74 Å². The van der Waals surface area contributed by atoms with Gasteiger partial charge in [-0.3, -0.25) is 0 Å². The lowest BCUT2D eigenvalue weighted by molar-refractivity contribution is 0.0435. The molecule has 0 aromatic rings. The molecule has 102 valence electrons. The van der Waals surface area contributed by atoms with E-state index in [9.17, 15) is 4.79 Å². The number of ether oxygens (including phenoxy) is 1. The van der Waals surface area contributed by atoms with Crippen molar-refractivity contribution < 1.29 is 9.53 Å². The van der Waals surface area contributed by atoms with Crippen molar-refractivity contribution in [2.24, 2.45) is 0 Å². The first kappa shape index (κ1) is 14.8. The van der Waals surface area contributed by atoms with E-state index in [-0.39, 0.29) is 18.2 Å². The highest BCUT2D eigenvalue weighted by Crippen LogP contribution is 2.20. The fourth-order valence-electron chi connectivity index (χ4n) is 2.35. The van der Waals surface area contributed by atoms with Crippen LogP contribution in [0.4, 0.5) is 4.79 Å². The smallest absolute Gasteiger partial charge is 0.318 e. The van der Waals surface area contributed by atoms with E-state index in [1.165, 1.54) is 6.42 Å². The van der Waals surface area contributed by atoms with Crippen LogP contribution in [-0.4, -0.2) is 43.3 Å². The predicted molar refractivity (Wildman–Crippen MR) is 73.6 cm³/mol. The number of nitrogens with one attached hydrogen (secondary N) is 1. The van der Waals surface area contributed by atoms with Gasteiger partial charge in [-0.15, -0.1) is 13.2 Å². The molecular weight excluding hydrogens is 228 g/mol. The maximum Gasteiger partial charge on any atom is 0.318 e. The first-order valence-electron chi connectivity index (χ1n) is 6.53. The van der Waals surface area contributed by atoms with Gasteiger partial charge in [-0.1, -0.05) is 25.0 Å². The van der Waals surface area contributed by atoms with E-state index >= 15 is 0 Å². The molecule has 0 spiro atoms. The normalized spacial score (nSPS) is 23.2. The molecule has 1 N–H and O–H groups in total. The molecule has 0 unspecified atom stereocenters. The monoisotopic (exact) mass is 252 g/mol. The second-order valence-electron chi connectivity index (χ2n) is 4.60. The zero-order chi connectivity index (χ0) is 13.4. The van der Waals surface area contributed by atoms with Crippen molar-refractivity contribution >= 4 is 6.03 Å². The molecule has 0 heterocycles. The molecule has 18 heavy (non-hydrogen) atoms. The van der Waals surface area contributed by atoms with Gasteiger partial charge in [-0.2, -0.15) is 0 Å². The first-order valence-corrected chi connectivity index (χ1v) is 6.53. The number of rotatable bonds is 6. The van der Waals surface area contributed by atoms with Gasteiger partial charge in [0.05, 0.1) is 12.1 Å². The van der Waals surface area contributed by atoms with Gasteiger partial charge in [-0.25, -0.2) is 4.79 Å². The highest BCUT2D eigenvalue weighted by Gasteiger charge is 2.27. The summed E-state index contributed by atoms with van der Waals surface area (Å²) in [5.41, 5.74) is 0. The summed E-state index contributed by atoms with van der Waals surface area (Å²) in [5.74, 6) is 0. The highest BCUT2D eigenvalue weighted by molar-refractivity contribution is 5.75. The van der Waals surface area contributed by atoms with Crippen molar-refractivity contribution in [3.63, 3.8) is 0 Å². The van der Waals surface area contributed by atoms with Crippen molar-refractivity contribution in [2.75, 3.05) is 20.2 Å². The van der Waals surface area contributed by atoms with Crippen LogP contribution in [0.25, 0.3) is 0 Å². The van der Waals surface area contributed by atoms with Crippen molar-refractivity contribution in [1.82, 2.24) is 10.2 Å². The van der Waals surface area contributed by atoms with Crippen LogP contribution in [0.3, 0.4) is 0 Å². The summed E-state index contributed by atoms with van der Waals surface area (Å²) in [6.45, 7) is 8.38. The van der Waals surface area contributed by atoms with Crippen LogP contribution in [0.15, 0.2) is 25.3 Å². The molecular formula is C14H24N2O2. The maximum atomic E-state index is 12.1. The Kier molecular flexibility index (Phi) is 6.50. The van der Waals surface area contributed by atoms with E-state index in [0.29, 0.717) is 13.1 Å². The Bertz CT molecular complexity index is 282. The lowest BCUT2D eigenvalue weighted by atomic mass is 9.92. The van der Waals surface area contributed by atoms with Crippen molar-refractivity contribution in [1.29, 1.82) is 0 Å². The summed E-state index contributed by atoms with van der Waals surface area (Å²) >= 11 is 0. The summed E-state index contributed by atoms with van der Waals surface area (Å²) in [6.07, 6.45) is 7.90. The first-order chi connectivity index (χ1) is 8.72. The van der Waals surface area contributed by atoms with E-state index in [0.717, 1.165) is 19.3 Å². The summed E-state index contributed by atoms with van der Waals surface area (Å²) in [6, 6.07) is 0.0529. The van der Waals surface area contributed by atoms with Crippen molar-refractivity contribution in [3.05, 3.63) is 25.3 Å². The van der Waals surface area contributed by atoms with E-state index in [1.54, 1.807) is 24.2 Å². The SMILES string of the molecule is C=CCN(CC=C)C(=O)N[C@@H]1CCCC[C@H]1OC. The Morgan fingerprint density at radius 1 is 1.33 bits per heavy atom. The van der Waals surface area contributed by atoms with Gasteiger partial charge in [0.25, 0.3) is 0 Å². The molecule has 2 atom stereocenters. The Morgan fingerprint density at radius 3 is 2.50 bits per heavy atom. The van der Waals surface area contributed by atoms with Crippen molar-refractivity contribution in [2.45, 2.75) is 37.8 Å². The van der Waals surface area contributed by atoms with Gasteiger partial charge in [-0.05, 0) is 12.8 Å². The zero-order valence-electron chi connectivity index (χ0n) is 11.2. The molecule has 0 radical (unpaired) electrons. The molecule has 4 heteroatoms. The van der Waals surface area contributed by atoms with Gasteiger partial charge < -0.3 is 15.0 Å². The molecule has 0 bridgehead atoms. The van der Waals surface area contributed by atoms with Gasteiger partial charge >= 0.3 is 6.03 Å². The zero-order valence-corrected chi connectivity index (χ0v) is 11.2. The number of carbonyl (C=O) groups excluding carboxylic acids is 1. The highest BCUT2D eigenvalue weighted by atomic mass is 16.5. The molecule has 2 amide bonds. The molecule has 1 aliphatic carbocycles. The number of amides is 2. The number of hydrogen-bond acceptors (Lipinski definition) is 2. The number of carbonyl (C=O) groups is 1. The van der Waals surface area contributed by atoms with Crippen LogP contribution in [0.1, 0.15) is 25.7 Å². The van der Waals surface area contributed by atoms with E-state index in [2.05, 4.69) is 18.5 Å². The molecule has 4 nitrogen and oxygen atoms in total. The van der Waals surface area contributed by atoms with Crippen molar-refractivity contribution in [3.8, 4) is 0 Å². The van der Waals surface area contributed by atoms with Gasteiger partial charge in [0.2, 0.25) is 0 Å². The topological polar surface area (TPSA) is 41.6 Å². The van der Waals surface area contributed by atoms with E-state index < -0.39 is 0 Å². The molecule has 1 rings (SSSR count). The Morgan fingerprint density at radius 2 is 1.94 bits per heavy atom. The molecule has 1 saturated carbocycles. The Labute approximate surface area is 110 Å². The molecule has 0 aromatic carbocycles. The second kappa shape index (κ2) is 7.93. The summed E-state index contributed by atoms with van der Waals surface area (Å²) in [5, 5.41) is 3.06. The summed E-state index contributed by atoms with van der Waals surface area (Å²) < 4.78 is 5.43. The van der Waals surface area contributed by atoms with Gasteiger partial charge in [0.15, 0.2) is 0 Å². The minimum Gasteiger partial charge on any atom is -0.379 e. The Balaban J connectivity index is 2.54. The summed E-state index contributed by atoms with van der Waals surface area (Å²) in [7, 11) is 1.71. The fourth-order valence-corrected chi connectivity index (χ4v) is 2.35. The fraction of sp³-hybridized carbons (Fsp3) is 0.643. The number of hydrogen-bond donors (Lipinski definition) is 1. The van der Waals surface area contributed by atoms with Crippen LogP contribution in [0.5, 0.6) is 0 Å². The largest absolute Gasteiger partial charge is 0.379 e. The second-order valence-corrected chi connectivity index (χ2v) is 4.60. The minimum atomic E-state index is -0.0660. The van der Waals surface area contributed by atoms with Crippen LogP contribution < -0.4 is 5.32 Å². The third-order valence-electron chi connectivity index (χ3n) is 3.30.